The number of para-hydroxylation sites is 1. The van der Waals surface area contributed by atoms with E-state index in [1.807, 2.05) is 36.4 Å². The maximum Gasteiger partial charge on any atom is 0.266 e. The van der Waals surface area contributed by atoms with Crippen LogP contribution < -0.4 is 10.3 Å². The van der Waals surface area contributed by atoms with Gasteiger partial charge in [-0.2, -0.15) is 5.26 Å². The highest BCUT2D eigenvalue weighted by Crippen LogP contribution is 2.29. The summed E-state index contributed by atoms with van der Waals surface area (Å²) in [6.07, 6.45) is 0. The van der Waals surface area contributed by atoms with Gasteiger partial charge in [0.15, 0.2) is 5.16 Å². The molecule has 0 amide bonds. The molecule has 7 heteroatoms. The third-order valence-corrected chi connectivity index (χ3v) is 5.87. The van der Waals surface area contributed by atoms with Crippen LogP contribution in [0.1, 0.15) is 11.1 Å². The Hall–Kier alpha value is -3.27. The van der Waals surface area contributed by atoms with Crippen LogP contribution in [0.5, 0.6) is 5.75 Å². The van der Waals surface area contributed by atoms with E-state index >= 15 is 0 Å². The molecule has 148 valence electrons. The van der Waals surface area contributed by atoms with E-state index < -0.39 is 0 Å². The number of hydrogen-bond donors (Lipinski definition) is 0. The number of nitriles is 1. The summed E-state index contributed by atoms with van der Waals surface area (Å²) in [5.41, 5.74) is 2.64. The lowest BCUT2D eigenvalue weighted by Crippen LogP contribution is -2.21. The van der Waals surface area contributed by atoms with Crippen molar-refractivity contribution in [2.45, 2.75) is 10.9 Å². The molecule has 0 spiro atoms. The highest BCUT2D eigenvalue weighted by molar-refractivity contribution is 7.98. The van der Waals surface area contributed by atoms with Crippen LogP contribution >= 0.6 is 23.4 Å². The zero-order chi connectivity index (χ0) is 21.1. The van der Waals surface area contributed by atoms with Crippen molar-refractivity contribution >= 4 is 34.3 Å². The summed E-state index contributed by atoms with van der Waals surface area (Å²) in [5, 5.41) is 10.6. The number of rotatable bonds is 5. The van der Waals surface area contributed by atoms with Crippen LogP contribution in [0.2, 0.25) is 5.02 Å². The van der Waals surface area contributed by atoms with Crippen molar-refractivity contribution in [3.05, 3.63) is 93.2 Å². The van der Waals surface area contributed by atoms with Gasteiger partial charge in [0, 0.05) is 5.75 Å². The fourth-order valence-electron chi connectivity index (χ4n) is 3.11. The summed E-state index contributed by atoms with van der Waals surface area (Å²) >= 11 is 7.74. The summed E-state index contributed by atoms with van der Waals surface area (Å²) < 4.78 is 6.79. The topological polar surface area (TPSA) is 67.9 Å². The predicted molar refractivity (Wildman–Crippen MR) is 120 cm³/mol. The highest BCUT2D eigenvalue weighted by atomic mass is 35.5. The molecule has 5 nitrogen and oxygen atoms in total. The maximum absolute atomic E-state index is 13.3. The monoisotopic (exact) mass is 433 g/mol. The second-order valence-electron chi connectivity index (χ2n) is 6.47. The number of hydrogen-bond acceptors (Lipinski definition) is 5. The second-order valence-corrected chi connectivity index (χ2v) is 7.82. The van der Waals surface area contributed by atoms with Crippen LogP contribution in [-0.2, 0) is 5.75 Å². The number of benzene rings is 3. The van der Waals surface area contributed by atoms with Gasteiger partial charge < -0.3 is 4.74 Å². The van der Waals surface area contributed by atoms with E-state index in [-0.39, 0.29) is 5.56 Å². The van der Waals surface area contributed by atoms with E-state index in [1.54, 1.807) is 42.0 Å². The molecule has 0 atom stereocenters. The molecular formula is C23H16ClN3O2S. The molecule has 1 heterocycles. The van der Waals surface area contributed by atoms with Gasteiger partial charge in [0.05, 0.1) is 40.4 Å². The zero-order valence-corrected chi connectivity index (χ0v) is 17.6. The minimum Gasteiger partial charge on any atom is -0.495 e. The summed E-state index contributed by atoms with van der Waals surface area (Å²) in [7, 11) is 1.54. The molecule has 0 radical (unpaired) electrons. The Morgan fingerprint density at radius 1 is 1.13 bits per heavy atom. The van der Waals surface area contributed by atoms with Crippen molar-refractivity contribution in [2.24, 2.45) is 0 Å². The smallest absolute Gasteiger partial charge is 0.266 e. The van der Waals surface area contributed by atoms with E-state index in [2.05, 4.69) is 6.07 Å². The van der Waals surface area contributed by atoms with Gasteiger partial charge in [-0.25, -0.2) is 4.98 Å². The van der Waals surface area contributed by atoms with E-state index in [1.165, 1.54) is 11.8 Å². The van der Waals surface area contributed by atoms with Crippen LogP contribution in [0, 0.1) is 11.3 Å². The molecule has 0 N–H and O–H groups in total. The highest BCUT2D eigenvalue weighted by Gasteiger charge is 2.15. The van der Waals surface area contributed by atoms with E-state index in [0.29, 0.717) is 43.8 Å². The molecule has 0 saturated heterocycles. The number of fused-ring (bicyclic) bond motifs is 1. The number of halogens is 1. The Morgan fingerprint density at radius 2 is 1.97 bits per heavy atom. The molecule has 4 rings (SSSR count). The summed E-state index contributed by atoms with van der Waals surface area (Å²) in [6, 6.07) is 22.0. The first kappa shape index (κ1) is 20.0. The van der Waals surface area contributed by atoms with Crippen LogP contribution in [0.15, 0.2) is 76.7 Å². The minimum atomic E-state index is -0.171. The quantitative estimate of drug-likeness (QED) is 0.319. The van der Waals surface area contributed by atoms with Gasteiger partial charge in [0.1, 0.15) is 5.75 Å². The molecule has 0 fully saturated rings. The lowest BCUT2D eigenvalue weighted by atomic mass is 10.2. The lowest BCUT2D eigenvalue weighted by Gasteiger charge is -2.14. The van der Waals surface area contributed by atoms with Crippen molar-refractivity contribution < 1.29 is 4.74 Å². The van der Waals surface area contributed by atoms with E-state index in [0.717, 1.165) is 5.56 Å². The molecule has 4 aromatic rings. The number of methoxy groups -OCH3 is 1. The molecule has 0 saturated carbocycles. The van der Waals surface area contributed by atoms with Gasteiger partial charge in [-0.1, -0.05) is 47.6 Å². The Labute approximate surface area is 182 Å². The number of aromatic nitrogens is 2. The average Bonchev–Trinajstić information content (AvgIpc) is 2.78. The van der Waals surface area contributed by atoms with Crippen molar-refractivity contribution in [2.75, 3.05) is 7.11 Å². The normalized spacial score (nSPS) is 10.7. The molecule has 0 aliphatic carbocycles. The van der Waals surface area contributed by atoms with Gasteiger partial charge in [-0.15, -0.1) is 0 Å². The van der Waals surface area contributed by atoms with E-state index in [9.17, 15) is 4.79 Å². The van der Waals surface area contributed by atoms with Gasteiger partial charge >= 0.3 is 0 Å². The van der Waals surface area contributed by atoms with Gasteiger partial charge in [-0.3, -0.25) is 9.36 Å². The van der Waals surface area contributed by atoms with Crippen LogP contribution in [0.3, 0.4) is 0 Å². The predicted octanol–water partition coefficient (Wildman–Crippen LogP) is 5.21. The molecule has 1 aromatic heterocycles. The van der Waals surface area contributed by atoms with Crippen LogP contribution in [-0.4, -0.2) is 16.7 Å². The van der Waals surface area contributed by atoms with Crippen LogP contribution in [0.25, 0.3) is 16.6 Å². The van der Waals surface area contributed by atoms with Crippen molar-refractivity contribution in [1.29, 1.82) is 5.26 Å². The maximum atomic E-state index is 13.3. The Kier molecular flexibility index (Phi) is 5.75. The molecule has 0 aliphatic heterocycles. The van der Waals surface area contributed by atoms with Crippen LogP contribution in [0.4, 0.5) is 0 Å². The number of ether oxygens (including phenoxy) is 1. The van der Waals surface area contributed by atoms with Crippen molar-refractivity contribution in [3.63, 3.8) is 0 Å². The van der Waals surface area contributed by atoms with Gasteiger partial charge in [-0.05, 0) is 48.0 Å². The number of nitrogens with zero attached hydrogens (tertiary/aromatic N) is 3. The second kappa shape index (κ2) is 8.62. The van der Waals surface area contributed by atoms with Crippen molar-refractivity contribution in [1.82, 2.24) is 9.55 Å². The molecule has 30 heavy (non-hydrogen) atoms. The molecular weight excluding hydrogens is 418 g/mol. The Balaban J connectivity index is 1.83. The summed E-state index contributed by atoms with van der Waals surface area (Å²) in [5.74, 6) is 1.09. The van der Waals surface area contributed by atoms with E-state index in [4.69, 9.17) is 26.6 Å². The number of thioether (sulfide) groups is 1. The average molecular weight is 434 g/mol. The third kappa shape index (κ3) is 3.90. The molecule has 0 bridgehead atoms. The third-order valence-electron chi connectivity index (χ3n) is 4.56. The fourth-order valence-corrected chi connectivity index (χ4v) is 4.32. The van der Waals surface area contributed by atoms with Gasteiger partial charge in [0.2, 0.25) is 0 Å². The Morgan fingerprint density at radius 3 is 2.73 bits per heavy atom. The molecule has 0 unspecified atom stereocenters. The first-order valence-corrected chi connectivity index (χ1v) is 10.4. The fraction of sp³-hybridized carbons (Fsp3) is 0.0870. The first-order chi connectivity index (χ1) is 14.6. The SMILES string of the molecule is COc1ccc(-n2c(SCc3cccc(C#N)c3)nc3ccccc3c2=O)cc1Cl. The first-order valence-electron chi connectivity index (χ1n) is 9.08. The zero-order valence-electron chi connectivity index (χ0n) is 16.0. The molecule has 3 aromatic carbocycles. The summed E-state index contributed by atoms with van der Waals surface area (Å²) in [4.78, 5) is 18.0. The van der Waals surface area contributed by atoms with Gasteiger partial charge in [0.25, 0.3) is 5.56 Å². The minimum absolute atomic E-state index is 0.171. The summed E-state index contributed by atoms with van der Waals surface area (Å²) in [6.45, 7) is 0. The standard InChI is InChI=1S/C23H16ClN3O2S/c1-29-21-10-9-17(12-19(21)24)27-22(28)18-7-2-3-8-20(18)26-23(27)30-14-16-6-4-5-15(11-16)13-25/h2-12H,14H2,1H3. The van der Waals surface area contributed by atoms with Crippen molar-refractivity contribution in [3.8, 4) is 17.5 Å². The lowest BCUT2D eigenvalue weighted by molar-refractivity contribution is 0.415. The largest absolute Gasteiger partial charge is 0.495 e. The molecule has 0 aliphatic rings. The Bertz CT molecular complexity index is 1340.